The SMILES string of the molecule is CC1CN(Cc2ccc(Cl)cc2)CCN1C(=O)COc1ccc(Br)cc1CCCS(=O)(=O)O. The van der Waals surface area contributed by atoms with Gasteiger partial charge in [-0.05, 0) is 61.2 Å². The van der Waals surface area contributed by atoms with Crippen LogP contribution in [0.2, 0.25) is 5.02 Å². The van der Waals surface area contributed by atoms with E-state index in [4.69, 9.17) is 20.9 Å². The van der Waals surface area contributed by atoms with Gasteiger partial charge in [-0.3, -0.25) is 14.2 Å². The van der Waals surface area contributed by atoms with Gasteiger partial charge in [0.25, 0.3) is 16.0 Å². The van der Waals surface area contributed by atoms with Gasteiger partial charge < -0.3 is 9.64 Å². The number of hydrogen-bond acceptors (Lipinski definition) is 5. The minimum Gasteiger partial charge on any atom is -0.483 e. The first-order valence-electron chi connectivity index (χ1n) is 10.7. The van der Waals surface area contributed by atoms with E-state index in [9.17, 15) is 13.2 Å². The molecule has 7 nitrogen and oxygen atoms in total. The summed E-state index contributed by atoms with van der Waals surface area (Å²) in [5.74, 6) is 0.131. The zero-order valence-corrected chi connectivity index (χ0v) is 21.6. The van der Waals surface area contributed by atoms with Gasteiger partial charge in [-0.25, -0.2) is 0 Å². The van der Waals surface area contributed by atoms with Crippen molar-refractivity contribution in [3.8, 4) is 5.75 Å². The Kier molecular flexibility index (Phi) is 9.17. The van der Waals surface area contributed by atoms with E-state index in [1.54, 1.807) is 6.07 Å². The summed E-state index contributed by atoms with van der Waals surface area (Å²) >= 11 is 9.36. The smallest absolute Gasteiger partial charge is 0.264 e. The van der Waals surface area contributed by atoms with E-state index in [2.05, 4.69) is 20.8 Å². The molecule has 2 aromatic rings. The van der Waals surface area contributed by atoms with Gasteiger partial charge in [0.05, 0.1) is 5.75 Å². The molecular weight excluding hydrogens is 532 g/mol. The largest absolute Gasteiger partial charge is 0.483 e. The molecule has 1 aliphatic rings. The third-order valence-electron chi connectivity index (χ3n) is 5.57. The average molecular weight is 560 g/mol. The highest BCUT2D eigenvalue weighted by Gasteiger charge is 2.27. The van der Waals surface area contributed by atoms with E-state index in [0.717, 1.165) is 34.7 Å². The fourth-order valence-electron chi connectivity index (χ4n) is 3.95. The summed E-state index contributed by atoms with van der Waals surface area (Å²) in [6, 6.07) is 13.3. The summed E-state index contributed by atoms with van der Waals surface area (Å²) in [5, 5.41) is 0.717. The number of benzene rings is 2. The molecule has 0 saturated carbocycles. The molecule has 1 amide bonds. The Labute approximate surface area is 208 Å². The molecule has 2 aromatic carbocycles. The number of amides is 1. The van der Waals surface area contributed by atoms with Crippen LogP contribution in [0.25, 0.3) is 0 Å². The van der Waals surface area contributed by atoms with Gasteiger partial charge in [0.15, 0.2) is 6.61 Å². The predicted molar refractivity (Wildman–Crippen MR) is 132 cm³/mol. The third kappa shape index (κ3) is 8.26. The van der Waals surface area contributed by atoms with Gasteiger partial charge >= 0.3 is 0 Å². The van der Waals surface area contributed by atoms with Gasteiger partial charge in [-0.1, -0.05) is 39.7 Å². The molecule has 1 aliphatic heterocycles. The van der Waals surface area contributed by atoms with E-state index < -0.39 is 10.1 Å². The van der Waals surface area contributed by atoms with E-state index in [-0.39, 0.29) is 30.7 Å². The maximum absolute atomic E-state index is 12.9. The van der Waals surface area contributed by atoms with Crippen LogP contribution in [0.3, 0.4) is 0 Å². The van der Waals surface area contributed by atoms with Crippen LogP contribution in [0.15, 0.2) is 46.9 Å². The van der Waals surface area contributed by atoms with E-state index >= 15 is 0 Å². The molecule has 33 heavy (non-hydrogen) atoms. The highest BCUT2D eigenvalue weighted by atomic mass is 79.9. The Morgan fingerprint density at radius 1 is 1.21 bits per heavy atom. The summed E-state index contributed by atoms with van der Waals surface area (Å²) in [4.78, 5) is 17.0. The van der Waals surface area contributed by atoms with E-state index in [0.29, 0.717) is 18.7 Å². The minimum atomic E-state index is -4.01. The lowest BCUT2D eigenvalue weighted by atomic mass is 10.1. The highest BCUT2D eigenvalue weighted by molar-refractivity contribution is 9.10. The van der Waals surface area contributed by atoms with Crippen LogP contribution in [0, 0.1) is 0 Å². The zero-order chi connectivity index (χ0) is 24.0. The van der Waals surface area contributed by atoms with Crippen molar-refractivity contribution in [3.05, 3.63) is 63.1 Å². The zero-order valence-electron chi connectivity index (χ0n) is 18.4. The number of nitrogens with zero attached hydrogens (tertiary/aromatic N) is 2. The predicted octanol–water partition coefficient (Wildman–Crippen LogP) is 4.03. The normalized spacial score (nSPS) is 17.2. The summed E-state index contributed by atoms with van der Waals surface area (Å²) in [6.45, 7) is 4.93. The molecule has 0 bridgehead atoms. The lowest BCUT2D eigenvalue weighted by Gasteiger charge is -2.40. The monoisotopic (exact) mass is 558 g/mol. The maximum atomic E-state index is 12.9. The quantitative estimate of drug-likeness (QED) is 0.467. The number of aryl methyl sites for hydroxylation is 1. The van der Waals surface area contributed by atoms with Crippen molar-refractivity contribution >= 4 is 43.6 Å². The number of halogens is 2. The van der Waals surface area contributed by atoms with Crippen molar-refractivity contribution in [2.45, 2.75) is 32.4 Å². The molecule has 1 saturated heterocycles. The first-order chi connectivity index (χ1) is 15.6. The van der Waals surface area contributed by atoms with Crippen LogP contribution in [0.4, 0.5) is 0 Å². The van der Waals surface area contributed by atoms with Gasteiger partial charge in [-0.15, -0.1) is 0 Å². The van der Waals surface area contributed by atoms with Crippen molar-refractivity contribution in [2.24, 2.45) is 0 Å². The van der Waals surface area contributed by atoms with Crippen molar-refractivity contribution in [3.63, 3.8) is 0 Å². The summed E-state index contributed by atoms with van der Waals surface area (Å²) in [6.07, 6.45) is 0.661. The van der Waals surface area contributed by atoms with Gasteiger partial charge in [-0.2, -0.15) is 8.42 Å². The van der Waals surface area contributed by atoms with Crippen LogP contribution in [0.5, 0.6) is 5.75 Å². The number of hydrogen-bond donors (Lipinski definition) is 1. The van der Waals surface area contributed by atoms with Crippen molar-refractivity contribution in [1.82, 2.24) is 9.80 Å². The highest BCUT2D eigenvalue weighted by Crippen LogP contribution is 2.25. The van der Waals surface area contributed by atoms with Crippen molar-refractivity contribution in [1.29, 1.82) is 0 Å². The van der Waals surface area contributed by atoms with Gasteiger partial charge in [0.2, 0.25) is 0 Å². The Hall–Kier alpha value is -1.65. The molecule has 1 fully saturated rings. The molecular formula is C23H28BrClN2O5S. The molecule has 3 rings (SSSR count). The van der Waals surface area contributed by atoms with E-state index in [1.807, 2.05) is 48.2 Å². The molecule has 0 aliphatic carbocycles. The fraction of sp³-hybridized carbons (Fsp3) is 0.435. The Morgan fingerprint density at radius 3 is 2.61 bits per heavy atom. The molecule has 1 unspecified atom stereocenters. The minimum absolute atomic E-state index is 0.0568. The Balaban J connectivity index is 1.53. The lowest BCUT2D eigenvalue weighted by Crippen LogP contribution is -2.54. The van der Waals surface area contributed by atoms with Crippen LogP contribution in [0.1, 0.15) is 24.5 Å². The fourth-order valence-corrected chi connectivity index (χ4v) is 4.99. The number of rotatable bonds is 9. The summed E-state index contributed by atoms with van der Waals surface area (Å²) in [5.41, 5.74) is 1.97. The Bertz CT molecular complexity index is 1070. The van der Waals surface area contributed by atoms with E-state index in [1.165, 1.54) is 5.56 Å². The number of piperazine rings is 1. The standard InChI is InChI=1S/C23H28BrClN2O5S/c1-17-14-26(15-18-4-7-21(25)8-5-18)10-11-27(17)23(28)16-32-22-9-6-20(24)13-19(22)3-2-12-33(29,30)31/h4-9,13,17H,2-3,10-12,14-16H2,1H3,(H,29,30,31). The molecule has 1 heterocycles. The first-order valence-corrected chi connectivity index (χ1v) is 13.5. The van der Waals surface area contributed by atoms with Gasteiger partial charge in [0.1, 0.15) is 5.75 Å². The third-order valence-corrected chi connectivity index (χ3v) is 7.12. The van der Waals surface area contributed by atoms with Crippen LogP contribution < -0.4 is 4.74 Å². The molecule has 0 radical (unpaired) electrons. The second kappa shape index (κ2) is 11.7. The average Bonchev–Trinajstić information content (AvgIpc) is 2.74. The van der Waals surface area contributed by atoms with Crippen molar-refractivity contribution < 1.29 is 22.5 Å². The van der Waals surface area contributed by atoms with Gasteiger partial charge in [0, 0.05) is 41.7 Å². The summed E-state index contributed by atoms with van der Waals surface area (Å²) < 4.78 is 37.6. The molecule has 0 spiro atoms. The van der Waals surface area contributed by atoms with Crippen LogP contribution >= 0.6 is 27.5 Å². The molecule has 0 aromatic heterocycles. The number of ether oxygens (including phenoxy) is 1. The van der Waals surface area contributed by atoms with Crippen molar-refractivity contribution in [2.75, 3.05) is 32.0 Å². The topological polar surface area (TPSA) is 87.2 Å². The lowest BCUT2D eigenvalue weighted by molar-refractivity contribution is -0.138. The summed E-state index contributed by atoms with van der Waals surface area (Å²) in [7, 11) is -4.01. The first kappa shape index (κ1) is 26.0. The Morgan fingerprint density at radius 2 is 1.94 bits per heavy atom. The molecule has 10 heteroatoms. The number of carbonyl (C=O) groups is 1. The second-order valence-corrected chi connectivity index (χ2v) is 11.2. The number of carbonyl (C=O) groups excluding carboxylic acids is 1. The van der Waals surface area contributed by atoms with Crippen LogP contribution in [-0.4, -0.2) is 66.7 Å². The van der Waals surface area contributed by atoms with Crippen LogP contribution in [-0.2, 0) is 27.9 Å². The molecule has 1 atom stereocenters. The maximum Gasteiger partial charge on any atom is 0.264 e. The molecule has 1 N–H and O–H groups in total. The molecule has 180 valence electrons. The second-order valence-electron chi connectivity index (χ2n) is 8.23.